The Kier molecular flexibility index (Phi) is 4.12. The number of aromatic nitrogens is 2. The van der Waals surface area contributed by atoms with E-state index in [-0.39, 0.29) is 0 Å². The number of anilines is 1. The molecule has 5 heteroatoms. The van der Waals surface area contributed by atoms with E-state index in [4.69, 9.17) is 0 Å². The smallest absolute Gasteiger partial charge is 0.202 e. The van der Waals surface area contributed by atoms with Crippen LogP contribution in [0.2, 0.25) is 0 Å². The Morgan fingerprint density at radius 2 is 2.18 bits per heavy atom. The molecule has 0 aliphatic heterocycles. The summed E-state index contributed by atoms with van der Waals surface area (Å²) in [4.78, 5) is 5.88. The van der Waals surface area contributed by atoms with Crippen LogP contribution in [0.15, 0.2) is 17.5 Å². The van der Waals surface area contributed by atoms with E-state index in [1.165, 1.54) is 16.4 Å². The molecule has 0 spiro atoms. The molecule has 0 aliphatic rings. The van der Waals surface area contributed by atoms with E-state index < -0.39 is 0 Å². The van der Waals surface area contributed by atoms with Crippen LogP contribution in [0.4, 0.5) is 5.13 Å². The van der Waals surface area contributed by atoms with Gasteiger partial charge < -0.3 is 5.32 Å². The Labute approximate surface area is 110 Å². The number of hydrogen-bond acceptors (Lipinski definition) is 5. The van der Waals surface area contributed by atoms with Crippen LogP contribution in [0.25, 0.3) is 0 Å². The molecule has 1 N–H and O–H groups in total. The zero-order valence-corrected chi connectivity index (χ0v) is 11.9. The first-order chi connectivity index (χ1) is 8.15. The summed E-state index contributed by atoms with van der Waals surface area (Å²) in [5, 5.41) is 6.45. The van der Waals surface area contributed by atoms with E-state index in [2.05, 4.69) is 53.0 Å². The van der Waals surface area contributed by atoms with Gasteiger partial charge in [-0.05, 0) is 18.4 Å². The van der Waals surface area contributed by atoms with Crippen molar-refractivity contribution < 1.29 is 0 Å². The second kappa shape index (κ2) is 5.60. The average molecular weight is 267 g/mol. The maximum absolute atomic E-state index is 4.48. The number of rotatable bonds is 5. The maximum atomic E-state index is 4.48. The minimum atomic E-state index is 0.390. The third-order valence-electron chi connectivity index (χ3n) is 2.42. The Hall–Kier alpha value is -0.940. The molecule has 1 unspecified atom stereocenters. The second-order valence-corrected chi connectivity index (χ2v) is 6.23. The van der Waals surface area contributed by atoms with E-state index in [9.17, 15) is 0 Å². The first kappa shape index (κ1) is 12.5. The van der Waals surface area contributed by atoms with E-state index in [1.54, 1.807) is 11.3 Å². The van der Waals surface area contributed by atoms with E-state index in [0.717, 1.165) is 17.4 Å². The lowest BCUT2D eigenvalue weighted by molar-refractivity contribution is 0.780. The largest absolute Gasteiger partial charge is 0.357 e. The predicted octanol–water partition coefficient (Wildman–Crippen LogP) is 3.77. The van der Waals surface area contributed by atoms with Gasteiger partial charge in [0.25, 0.3) is 0 Å². The van der Waals surface area contributed by atoms with Gasteiger partial charge in [0.05, 0.1) is 0 Å². The summed E-state index contributed by atoms with van der Waals surface area (Å²) in [6.45, 7) is 6.40. The highest BCUT2D eigenvalue weighted by molar-refractivity contribution is 7.10. The van der Waals surface area contributed by atoms with Crippen molar-refractivity contribution >= 4 is 28.0 Å². The molecule has 2 aromatic heterocycles. The molecule has 1 atom stereocenters. The van der Waals surface area contributed by atoms with Crippen LogP contribution in [0, 0.1) is 0 Å². The van der Waals surface area contributed by atoms with Gasteiger partial charge in [0.1, 0.15) is 5.82 Å². The number of nitrogens with zero attached hydrogens (tertiary/aromatic N) is 2. The average Bonchev–Trinajstić information content (AvgIpc) is 2.88. The zero-order chi connectivity index (χ0) is 12.3. The molecule has 0 bridgehead atoms. The lowest BCUT2D eigenvalue weighted by Crippen LogP contribution is -2.17. The SMILES string of the molecule is CC(Cc1cccs1)Nc1nc(C(C)C)ns1. The Morgan fingerprint density at radius 1 is 1.35 bits per heavy atom. The first-order valence-electron chi connectivity index (χ1n) is 5.77. The molecule has 2 aromatic rings. The minimum Gasteiger partial charge on any atom is -0.357 e. The summed E-state index contributed by atoms with van der Waals surface area (Å²) >= 11 is 3.25. The quantitative estimate of drug-likeness (QED) is 0.896. The first-order valence-corrected chi connectivity index (χ1v) is 7.43. The molecule has 0 saturated heterocycles. The molecule has 92 valence electrons. The second-order valence-electron chi connectivity index (χ2n) is 4.44. The Morgan fingerprint density at radius 3 is 2.76 bits per heavy atom. The highest BCUT2D eigenvalue weighted by Crippen LogP contribution is 2.19. The Bertz CT molecular complexity index is 448. The molecule has 0 radical (unpaired) electrons. The normalized spacial score (nSPS) is 12.9. The van der Waals surface area contributed by atoms with E-state index >= 15 is 0 Å². The van der Waals surface area contributed by atoms with Crippen molar-refractivity contribution in [3.8, 4) is 0 Å². The van der Waals surface area contributed by atoms with Gasteiger partial charge in [-0.2, -0.15) is 4.37 Å². The fourth-order valence-corrected chi connectivity index (χ4v) is 3.18. The van der Waals surface area contributed by atoms with Crippen molar-refractivity contribution in [3.63, 3.8) is 0 Å². The van der Waals surface area contributed by atoms with Gasteiger partial charge in [0.2, 0.25) is 5.13 Å². The third-order valence-corrected chi connectivity index (χ3v) is 3.97. The van der Waals surface area contributed by atoms with Crippen LogP contribution in [0.5, 0.6) is 0 Å². The van der Waals surface area contributed by atoms with E-state index in [0.29, 0.717) is 12.0 Å². The van der Waals surface area contributed by atoms with Crippen molar-refractivity contribution in [2.45, 2.75) is 39.2 Å². The molecule has 17 heavy (non-hydrogen) atoms. The summed E-state index contributed by atoms with van der Waals surface area (Å²) in [6.07, 6.45) is 1.04. The molecule has 0 saturated carbocycles. The van der Waals surface area contributed by atoms with Crippen molar-refractivity contribution in [2.75, 3.05) is 5.32 Å². The molecule has 2 heterocycles. The highest BCUT2D eigenvalue weighted by atomic mass is 32.1. The summed E-state index contributed by atoms with van der Waals surface area (Å²) in [7, 11) is 0. The minimum absolute atomic E-state index is 0.390. The topological polar surface area (TPSA) is 37.8 Å². The summed E-state index contributed by atoms with van der Waals surface area (Å²) in [5.41, 5.74) is 0. The van der Waals surface area contributed by atoms with Crippen molar-refractivity contribution in [3.05, 3.63) is 28.2 Å². The summed E-state index contributed by atoms with van der Waals surface area (Å²) < 4.78 is 4.34. The number of nitrogens with one attached hydrogen (secondary N) is 1. The van der Waals surface area contributed by atoms with Crippen LogP contribution in [-0.2, 0) is 6.42 Å². The van der Waals surface area contributed by atoms with Crippen LogP contribution in [0.1, 0.15) is 37.4 Å². The van der Waals surface area contributed by atoms with Crippen molar-refractivity contribution in [1.29, 1.82) is 0 Å². The van der Waals surface area contributed by atoms with Crippen molar-refractivity contribution in [1.82, 2.24) is 9.36 Å². The van der Waals surface area contributed by atoms with Gasteiger partial charge in [0.15, 0.2) is 0 Å². The van der Waals surface area contributed by atoms with Gasteiger partial charge in [-0.15, -0.1) is 11.3 Å². The molecule has 0 aliphatic carbocycles. The van der Waals surface area contributed by atoms with Crippen molar-refractivity contribution in [2.24, 2.45) is 0 Å². The molecular weight excluding hydrogens is 250 g/mol. The van der Waals surface area contributed by atoms with Gasteiger partial charge in [-0.25, -0.2) is 4.98 Å². The highest BCUT2D eigenvalue weighted by Gasteiger charge is 2.10. The van der Waals surface area contributed by atoms with Crippen LogP contribution in [-0.4, -0.2) is 15.4 Å². The molecule has 0 fully saturated rings. The Balaban J connectivity index is 1.91. The van der Waals surface area contributed by atoms with E-state index in [1.807, 2.05) is 0 Å². The standard InChI is InChI=1S/C12H17N3S2/c1-8(2)11-14-12(17-15-11)13-9(3)7-10-5-4-6-16-10/h4-6,8-9H,7H2,1-3H3,(H,13,14,15). The summed E-state index contributed by atoms with van der Waals surface area (Å²) in [5.74, 6) is 1.33. The fraction of sp³-hybridized carbons (Fsp3) is 0.500. The lowest BCUT2D eigenvalue weighted by atomic mass is 10.2. The molecule has 0 amide bonds. The monoisotopic (exact) mass is 267 g/mol. The fourth-order valence-electron chi connectivity index (χ4n) is 1.52. The van der Waals surface area contributed by atoms with Gasteiger partial charge in [0, 0.05) is 34.8 Å². The van der Waals surface area contributed by atoms with Gasteiger partial charge in [-0.3, -0.25) is 0 Å². The number of hydrogen-bond donors (Lipinski definition) is 1. The predicted molar refractivity (Wildman–Crippen MR) is 75.1 cm³/mol. The molecule has 2 rings (SSSR count). The van der Waals surface area contributed by atoms with Crippen LogP contribution in [0.3, 0.4) is 0 Å². The van der Waals surface area contributed by atoms with Crippen LogP contribution >= 0.6 is 22.9 Å². The molecule has 0 aromatic carbocycles. The third kappa shape index (κ3) is 3.51. The van der Waals surface area contributed by atoms with Crippen LogP contribution < -0.4 is 5.32 Å². The number of thiophene rings is 1. The maximum Gasteiger partial charge on any atom is 0.202 e. The molecular formula is C12H17N3S2. The lowest BCUT2D eigenvalue weighted by Gasteiger charge is -2.10. The van der Waals surface area contributed by atoms with Gasteiger partial charge >= 0.3 is 0 Å². The van der Waals surface area contributed by atoms with Gasteiger partial charge in [-0.1, -0.05) is 19.9 Å². The summed E-state index contributed by atoms with van der Waals surface area (Å²) in [6, 6.07) is 4.65. The zero-order valence-electron chi connectivity index (χ0n) is 10.3. The molecule has 3 nitrogen and oxygen atoms in total.